The van der Waals surface area contributed by atoms with Crippen molar-refractivity contribution in [3.63, 3.8) is 0 Å². The number of benzene rings is 1. The third-order valence-electron chi connectivity index (χ3n) is 3.30. The summed E-state index contributed by atoms with van der Waals surface area (Å²) in [5, 5.41) is 3.54. The molecule has 0 amide bonds. The lowest BCUT2D eigenvalue weighted by Gasteiger charge is -2.29. The molecular formula is C14H22N2. The van der Waals surface area contributed by atoms with Gasteiger partial charge in [-0.2, -0.15) is 0 Å². The summed E-state index contributed by atoms with van der Waals surface area (Å²) < 4.78 is 0. The summed E-state index contributed by atoms with van der Waals surface area (Å²) in [4.78, 5) is 2.52. The zero-order valence-electron chi connectivity index (χ0n) is 10.4. The van der Waals surface area contributed by atoms with Crippen LogP contribution in [-0.2, 0) is 0 Å². The molecule has 1 heterocycles. The van der Waals surface area contributed by atoms with Crippen molar-refractivity contribution in [2.45, 2.75) is 32.7 Å². The fourth-order valence-corrected chi connectivity index (χ4v) is 2.26. The van der Waals surface area contributed by atoms with Crippen LogP contribution in [0, 0.1) is 6.92 Å². The molecule has 0 spiro atoms. The van der Waals surface area contributed by atoms with Crippen LogP contribution in [0.15, 0.2) is 24.3 Å². The molecule has 0 aromatic heterocycles. The van der Waals surface area contributed by atoms with E-state index in [1.54, 1.807) is 0 Å². The fraction of sp³-hybridized carbons (Fsp3) is 0.571. The molecule has 0 radical (unpaired) electrons. The summed E-state index contributed by atoms with van der Waals surface area (Å²) in [7, 11) is 0. The molecule has 1 aliphatic heterocycles. The van der Waals surface area contributed by atoms with Crippen molar-refractivity contribution in [2.75, 3.05) is 24.5 Å². The summed E-state index contributed by atoms with van der Waals surface area (Å²) in [6.07, 6.45) is 2.46. The summed E-state index contributed by atoms with van der Waals surface area (Å²) in [6, 6.07) is 9.49. The lowest BCUT2D eigenvalue weighted by molar-refractivity contribution is 0.475. The number of rotatable bonds is 1. The van der Waals surface area contributed by atoms with Crippen LogP contribution >= 0.6 is 0 Å². The van der Waals surface area contributed by atoms with Gasteiger partial charge in [-0.3, -0.25) is 0 Å². The Bertz CT molecular complexity index is 335. The van der Waals surface area contributed by atoms with E-state index >= 15 is 0 Å². The normalized spacial score (nSPS) is 22.6. The Morgan fingerprint density at radius 3 is 3.00 bits per heavy atom. The molecule has 2 rings (SSSR count). The lowest BCUT2D eigenvalue weighted by atomic mass is 10.1. The molecule has 1 saturated heterocycles. The highest BCUT2D eigenvalue weighted by molar-refractivity contribution is 5.48. The van der Waals surface area contributed by atoms with Crippen molar-refractivity contribution in [1.82, 2.24) is 5.32 Å². The van der Waals surface area contributed by atoms with E-state index < -0.39 is 0 Å². The zero-order chi connectivity index (χ0) is 11.4. The molecule has 2 nitrogen and oxygen atoms in total. The Morgan fingerprint density at radius 1 is 1.31 bits per heavy atom. The van der Waals surface area contributed by atoms with Gasteiger partial charge in [0.2, 0.25) is 0 Å². The molecule has 0 bridgehead atoms. The number of nitrogens with one attached hydrogen (secondary N) is 1. The molecule has 0 aliphatic carbocycles. The van der Waals surface area contributed by atoms with E-state index in [0.717, 1.165) is 13.1 Å². The van der Waals surface area contributed by atoms with Gasteiger partial charge in [0.15, 0.2) is 0 Å². The molecule has 0 saturated carbocycles. The predicted molar refractivity (Wildman–Crippen MR) is 70.1 cm³/mol. The van der Waals surface area contributed by atoms with Gasteiger partial charge in [-0.25, -0.2) is 0 Å². The summed E-state index contributed by atoms with van der Waals surface area (Å²) in [5.41, 5.74) is 2.74. The number of aryl methyl sites for hydroxylation is 1. The van der Waals surface area contributed by atoms with Crippen LogP contribution < -0.4 is 10.2 Å². The number of anilines is 1. The standard InChI is InChI=1S/C14H22N2/c1-12-5-3-6-14(11-12)16-9-4-8-15-13(2)7-10-16/h3,5-6,11,13,15H,4,7-10H2,1-2H3. The molecule has 1 atom stereocenters. The maximum absolute atomic E-state index is 3.54. The van der Waals surface area contributed by atoms with Crippen LogP contribution in [0.1, 0.15) is 25.3 Å². The Kier molecular flexibility index (Phi) is 3.83. The zero-order valence-corrected chi connectivity index (χ0v) is 10.4. The van der Waals surface area contributed by atoms with E-state index in [1.165, 1.54) is 30.6 Å². The Labute approximate surface area is 98.7 Å². The molecule has 2 heteroatoms. The Balaban J connectivity index is 2.06. The van der Waals surface area contributed by atoms with Crippen LogP contribution in [0.3, 0.4) is 0 Å². The van der Waals surface area contributed by atoms with Gasteiger partial charge in [0.1, 0.15) is 0 Å². The van der Waals surface area contributed by atoms with E-state index in [9.17, 15) is 0 Å². The van der Waals surface area contributed by atoms with Gasteiger partial charge < -0.3 is 10.2 Å². The van der Waals surface area contributed by atoms with Crippen molar-refractivity contribution >= 4 is 5.69 Å². The molecule has 1 aromatic carbocycles. The average Bonchev–Trinajstić information content (AvgIpc) is 2.24. The highest BCUT2D eigenvalue weighted by Gasteiger charge is 2.11. The van der Waals surface area contributed by atoms with Crippen molar-refractivity contribution in [3.8, 4) is 0 Å². The molecule has 88 valence electrons. The Hall–Kier alpha value is -1.02. The number of hydrogen-bond acceptors (Lipinski definition) is 2. The smallest absolute Gasteiger partial charge is 0.0368 e. The SMILES string of the molecule is Cc1cccc(N2CCCNC(C)CC2)c1. The largest absolute Gasteiger partial charge is 0.371 e. The molecular weight excluding hydrogens is 196 g/mol. The Morgan fingerprint density at radius 2 is 2.19 bits per heavy atom. The quantitative estimate of drug-likeness (QED) is 0.779. The van der Waals surface area contributed by atoms with Gasteiger partial charge in [0, 0.05) is 24.8 Å². The third-order valence-corrected chi connectivity index (χ3v) is 3.30. The predicted octanol–water partition coefficient (Wildman–Crippen LogP) is 2.57. The van der Waals surface area contributed by atoms with Gasteiger partial charge in [0.05, 0.1) is 0 Å². The highest BCUT2D eigenvalue weighted by Crippen LogP contribution is 2.17. The van der Waals surface area contributed by atoms with Crippen LogP contribution in [-0.4, -0.2) is 25.7 Å². The molecule has 16 heavy (non-hydrogen) atoms. The van der Waals surface area contributed by atoms with E-state index in [2.05, 4.69) is 48.3 Å². The van der Waals surface area contributed by atoms with Gasteiger partial charge in [0.25, 0.3) is 0 Å². The fourth-order valence-electron chi connectivity index (χ4n) is 2.26. The van der Waals surface area contributed by atoms with Crippen LogP contribution in [0.25, 0.3) is 0 Å². The monoisotopic (exact) mass is 218 g/mol. The minimum Gasteiger partial charge on any atom is -0.371 e. The van der Waals surface area contributed by atoms with Crippen molar-refractivity contribution in [3.05, 3.63) is 29.8 Å². The maximum Gasteiger partial charge on any atom is 0.0368 e. The first-order valence-electron chi connectivity index (χ1n) is 6.31. The minimum absolute atomic E-state index is 0.646. The average molecular weight is 218 g/mol. The van der Waals surface area contributed by atoms with E-state index in [1.807, 2.05) is 0 Å². The first-order valence-corrected chi connectivity index (χ1v) is 6.31. The van der Waals surface area contributed by atoms with Gasteiger partial charge in [-0.1, -0.05) is 12.1 Å². The summed E-state index contributed by atoms with van der Waals surface area (Å²) in [5.74, 6) is 0. The van der Waals surface area contributed by atoms with E-state index in [4.69, 9.17) is 0 Å². The third kappa shape index (κ3) is 2.99. The van der Waals surface area contributed by atoms with Crippen molar-refractivity contribution in [1.29, 1.82) is 0 Å². The first-order chi connectivity index (χ1) is 7.75. The molecule has 1 unspecified atom stereocenters. The maximum atomic E-state index is 3.54. The molecule has 1 aliphatic rings. The van der Waals surface area contributed by atoms with E-state index in [-0.39, 0.29) is 0 Å². The van der Waals surface area contributed by atoms with Gasteiger partial charge >= 0.3 is 0 Å². The van der Waals surface area contributed by atoms with Crippen molar-refractivity contribution in [2.24, 2.45) is 0 Å². The molecule has 1 N–H and O–H groups in total. The highest BCUT2D eigenvalue weighted by atomic mass is 15.1. The number of hydrogen-bond donors (Lipinski definition) is 1. The summed E-state index contributed by atoms with van der Waals surface area (Å²) in [6.45, 7) is 7.92. The van der Waals surface area contributed by atoms with Crippen LogP contribution in [0.5, 0.6) is 0 Å². The minimum atomic E-state index is 0.646. The molecule has 1 aromatic rings. The van der Waals surface area contributed by atoms with Crippen LogP contribution in [0.2, 0.25) is 0 Å². The first kappa shape index (κ1) is 11.5. The topological polar surface area (TPSA) is 15.3 Å². The number of nitrogens with zero attached hydrogens (tertiary/aromatic N) is 1. The van der Waals surface area contributed by atoms with Gasteiger partial charge in [-0.05, 0) is 50.9 Å². The van der Waals surface area contributed by atoms with Gasteiger partial charge in [-0.15, -0.1) is 0 Å². The second kappa shape index (κ2) is 5.35. The van der Waals surface area contributed by atoms with Crippen molar-refractivity contribution < 1.29 is 0 Å². The van der Waals surface area contributed by atoms with E-state index in [0.29, 0.717) is 6.04 Å². The summed E-state index contributed by atoms with van der Waals surface area (Å²) >= 11 is 0. The second-order valence-electron chi connectivity index (χ2n) is 4.82. The second-order valence-corrected chi connectivity index (χ2v) is 4.82. The van der Waals surface area contributed by atoms with Crippen LogP contribution in [0.4, 0.5) is 5.69 Å². The molecule has 1 fully saturated rings. The lowest BCUT2D eigenvalue weighted by Crippen LogP contribution is -2.38.